The zero-order valence-electron chi connectivity index (χ0n) is 16.2. The van der Waals surface area contributed by atoms with E-state index in [-0.39, 0.29) is 17.9 Å². The van der Waals surface area contributed by atoms with Crippen LogP contribution in [0.1, 0.15) is 37.7 Å². The fourth-order valence-corrected chi connectivity index (χ4v) is 3.71. The fourth-order valence-electron chi connectivity index (χ4n) is 3.71. The largest absolute Gasteiger partial charge is 0.416 e. The molecule has 3 rings (SSSR count). The smallest absolute Gasteiger partial charge is 0.402 e. The van der Waals surface area contributed by atoms with Gasteiger partial charge in [0.05, 0.1) is 5.57 Å². The quantitative estimate of drug-likeness (QED) is 0.706. The van der Waals surface area contributed by atoms with Crippen molar-refractivity contribution in [3.63, 3.8) is 0 Å². The van der Waals surface area contributed by atoms with Crippen molar-refractivity contribution < 1.29 is 13.2 Å². The van der Waals surface area contributed by atoms with Crippen LogP contribution < -0.4 is 21.7 Å². The Morgan fingerprint density at radius 2 is 2.11 bits per heavy atom. The molecule has 1 saturated heterocycles. The van der Waals surface area contributed by atoms with Crippen LogP contribution in [-0.4, -0.2) is 42.3 Å². The summed E-state index contributed by atoms with van der Waals surface area (Å²) in [5.41, 5.74) is 10.7. The van der Waals surface area contributed by atoms with E-state index in [1.54, 1.807) is 0 Å². The number of allylic oxidation sites excluding steroid dienone is 2. The molecule has 2 aliphatic rings. The highest BCUT2D eigenvalue weighted by atomic mass is 19.4. The van der Waals surface area contributed by atoms with Gasteiger partial charge in [0.25, 0.3) is 0 Å². The van der Waals surface area contributed by atoms with Crippen LogP contribution in [0.15, 0.2) is 29.5 Å². The normalized spacial score (nSPS) is 25.6. The Bertz CT molecular complexity index is 788. The van der Waals surface area contributed by atoms with E-state index in [0.29, 0.717) is 18.3 Å². The van der Waals surface area contributed by atoms with Gasteiger partial charge in [0.15, 0.2) is 5.82 Å². The third-order valence-corrected chi connectivity index (χ3v) is 5.19. The van der Waals surface area contributed by atoms with Crippen molar-refractivity contribution in [2.24, 2.45) is 11.5 Å². The third-order valence-electron chi connectivity index (χ3n) is 5.19. The monoisotopic (exact) mass is 396 g/mol. The third kappa shape index (κ3) is 4.30. The molecule has 1 fully saturated rings. The average molecular weight is 396 g/mol. The number of rotatable bonds is 5. The van der Waals surface area contributed by atoms with Gasteiger partial charge in [0.2, 0.25) is 0 Å². The number of aromatic nitrogens is 2. The Balaban J connectivity index is 2.03. The lowest BCUT2D eigenvalue weighted by atomic mass is 9.86. The molecule has 0 bridgehead atoms. The highest BCUT2D eigenvalue weighted by Crippen LogP contribution is 2.37. The number of hydrogen-bond donors (Lipinski definition) is 3. The molecular formula is C19H27F3N6. The van der Waals surface area contributed by atoms with E-state index in [9.17, 15) is 13.2 Å². The first-order chi connectivity index (χ1) is 13.1. The number of nitrogens with zero attached hydrogens (tertiary/aromatic N) is 3. The summed E-state index contributed by atoms with van der Waals surface area (Å²) in [6.45, 7) is 3.62. The summed E-state index contributed by atoms with van der Waals surface area (Å²) < 4.78 is 39.9. The maximum absolute atomic E-state index is 13.3. The van der Waals surface area contributed by atoms with E-state index in [1.807, 2.05) is 20.0 Å². The predicted molar refractivity (Wildman–Crippen MR) is 103 cm³/mol. The van der Waals surface area contributed by atoms with Gasteiger partial charge in [-0.25, -0.2) is 9.97 Å². The number of anilines is 1. The number of halogens is 3. The molecule has 6 nitrogen and oxygen atoms in total. The lowest BCUT2D eigenvalue weighted by molar-refractivity contribution is -0.0892. The van der Waals surface area contributed by atoms with E-state index >= 15 is 0 Å². The first-order valence-corrected chi connectivity index (χ1v) is 9.50. The molecule has 1 aromatic heterocycles. The van der Waals surface area contributed by atoms with E-state index in [4.69, 9.17) is 11.5 Å². The van der Waals surface area contributed by atoms with Crippen molar-refractivity contribution >= 4 is 5.82 Å². The van der Waals surface area contributed by atoms with Gasteiger partial charge in [-0.2, -0.15) is 13.2 Å². The van der Waals surface area contributed by atoms with E-state index in [0.717, 1.165) is 43.8 Å². The Morgan fingerprint density at radius 3 is 2.71 bits per heavy atom. The van der Waals surface area contributed by atoms with Gasteiger partial charge < -0.3 is 21.7 Å². The molecule has 2 unspecified atom stereocenters. The number of alkyl halides is 3. The average Bonchev–Trinajstić information content (AvgIpc) is 3.09. The Morgan fingerprint density at radius 1 is 1.36 bits per heavy atom. The molecule has 0 saturated carbocycles. The van der Waals surface area contributed by atoms with Crippen LogP contribution in [0.4, 0.5) is 19.0 Å². The molecule has 1 aliphatic heterocycles. The van der Waals surface area contributed by atoms with Gasteiger partial charge in [-0.1, -0.05) is 13.3 Å². The van der Waals surface area contributed by atoms with Gasteiger partial charge in [-0.15, -0.1) is 0 Å². The van der Waals surface area contributed by atoms with Crippen LogP contribution in [0.3, 0.4) is 0 Å². The molecule has 0 aromatic carbocycles. The molecule has 0 spiro atoms. The van der Waals surface area contributed by atoms with Gasteiger partial charge in [0, 0.05) is 43.0 Å². The minimum absolute atomic E-state index is 0.0424. The molecular weight excluding hydrogens is 369 g/mol. The lowest BCUT2D eigenvalue weighted by Crippen LogP contribution is -2.41. The Kier molecular flexibility index (Phi) is 5.67. The molecule has 0 radical (unpaired) electrons. The summed E-state index contributed by atoms with van der Waals surface area (Å²) >= 11 is 0. The van der Waals surface area contributed by atoms with Crippen LogP contribution >= 0.6 is 0 Å². The topological polar surface area (TPSA) is 93.1 Å². The fraction of sp³-hybridized carbons (Fsp3) is 0.579. The minimum Gasteiger partial charge on any atom is -0.402 e. The van der Waals surface area contributed by atoms with Crippen molar-refractivity contribution in [1.29, 1.82) is 0 Å². The zero-order chi connectivity index (χ0) is 20.5. The summed E-state index contributed by atoms with van der Waals surface area (Å²) in [7, 11) is 1.91. The Hall–Kier alpha value is -2.13. The zero-order valence-corrected chi connectivity index (χ0v) is 16.2. The lowest BCUT2D eigenvalue weighted by Gasteiger charge is -2.31. The van der Waals surface area contributed by atoms with Crippen molar-refractivity contribution in [3.8, 4) is 0 Å². The van der Waals surface area contributed by atoms with Gasteiger partial charge in [0.1, 0.15) is 11.4 Å². The van der Waals surface area contributed by atoms with Gasteiger partial charge in [-0.05, 0) is 32.0 Å². The second kappa shape index (κ2) is 7.71. The molecule has 154 valence electrons. The first kappa shape index (κ1) is 20.6. The number of nitrogens with one attached hydrogen (secondary N) is 1. The van der Waals surface area contributed by atoms with Crippen LogP contribution in [0, 0.1) is 0 Å². The predicted octanol–water partition coefficient (Wildman–Crippen LogP) is 2.12. The van der Waals surface area contributed by atoms with Gasteiger partial charge >= 0.3 is 6.18 Å². The van der Waals surface area contributed by atoms with Gasteiger partial charge in [-0.3, -0.25) is 0 Å². The Labute approximate surface area is 162 Å². The number of hydrogen-bond acceptors (Lipinski definition) is 6. The van der Waals surface area contributed by atoms with Crippen LogP contribution in [0.5, 0.6) is 0 Å². The molecule has 1 aromatic rings. The minimum atomic E-state index is -4.53. The van der Waals surface area contributed by atoms with Crippen LogP contribution in [0.25, 0.3) is 0 Å². The maximum Gasteiger partial charge on any atom is 0.416 e. The molecule has 28 heavy (non-hydrogen) atoms. The highest BCUT2D eigenvalue weighted by Gasteiger charge is 2.41. The van der Waals surface area contributed by atoms with Crippen molar-refractivity contribution in [3.05, 3.63) is 41.0 Å². The summed E-state index contributed by atoms with van der Waals surface area (Å²) in [6, 6.07) is 2.26. The summed E-state index contributed by atoms with van der Waals surface area (Å²) in [6.07, 6.45) is -0.0322. The number of nitrogens with two attached hydrogens (primary N) is 2. The summed E-state index contributed by atoms with van der Waals surface area (Å²) in [5, 5.41) is 3.25. The highest BCUT2D eigenvalue weighted by molar-refractivity contribution is 5.45. The van der Waals surface area contributed by atoms with Crippen LogP contribution in [-0.2, 0) is 12.0 Å². The number of aryl methyl sites for hydroxylation is 1. The molecule has 9 heteroatoms. The van der Waals surface area contributed by atoms with Crippen molar-refractivity contribution in [2.75, 3.05) is 25.0 Å². The van der Waals surface area contributed by atoms with E-state index in [2.05, 4.69) is 20.2 Å². The first-order valence-electron chi connectivity index (χ1n) is 9.50. The molecule has 2 atom stereocenters. The molecule has 1 aliphatic carbocycles. The van der Waals surface area contributed by atoms with E-state index < -0.39 is 17.3 Å². The summed E-state index contributed by atoms with van der Waals surface area (Å²) in [5.74, 6) is 0.880. The maximum atomic E-state index is 13.3. The molecule has 2 heterocycles. The molecule has 5 N–H and O–H groups in total. The van der Waals surface area contributed by atoms with Crippen molar-refractivity contribution in [1.82, 2.24) is 15.3 Å². The standard InChI is InChI=1S/C19H27F3N6/c1-3-4-14-8-16(28-6-5-15(11-28)25-2)27-17(26-14)18(24)9-12(19(20,21)22)7-13(23)10-18/h7-9,15,25H,3-6,10-11,23-24H2,1-2H3. The second-order valence-electron chi connectivity index (χ2n) is 7.55. The van der Waals surface area contributed by atoms with Crippen molar-refractivity contribution in [2.45, 2.75) is 50.4 Å². The number of likely N-dealkylation sites (N-methyl/N-ethyl adjacent to an activating group) is 1. The van der Waals surface area contributed by atoms with E-state index in [1.165, 1.54) is 0 Å². The summed E-state index contributed by atoms with van der Waals surface area (Å²) in [4.78, 5) is 11.2. The SMILES string of the molecule is CCCc1cc(N2CCC(NC)C2)nc(C2(N)C=C(C(F)(F)F)C=C(N)C2)n1. The van der Waals surface area contributed by atoms with Crippen LogP contribution in [0.2, 0.25) is 0 Å². The second-order valence-corrected chi connectivity index (χ2v) is 7.55. The molecule has 0 amide bonds.